The normalized spacial score (nSPS) is 19.7. The minimum atomic E-state index is -0.817. The number of benzene rings is 2. The van der Waals surface area contributed by atoms with Crippen molar-refractivity contribution in [2.75, 3.05) is 11.9 Å². The Balaban J connectivity index is 1.33. The van der Waals surface area contributed by atoms with Crippen LogP contribution in [0.15, 0.2) is 48.7 Å². The van der Waals surface area contributed by atoms with Crippen LogP contribution in [0.1, 0.15) is 18.4 Å². The Hall–Kier alpha value is -3.30. The summed E-state index contributed by atoms with van der Waals surface area (Å²) in [5.74, 6) is -2.34. The molecule has 1 aliphatic rings. The molecule has 2 amide bonds. The van der Waals surface area contributed by atoms with Crippen molar-refractivity contribution in [2.45, 2.75) is 25.5 Å². The maximum absolute atomic E-state index is 13.6. The first-order valence-electron chi connectivity index (χ1n) is 10.7. The van der Waals surface area contributed by atoms with Crippen LogP contribution in [0.2, 0.25) is 5.02 Å². The van der Waals surface area contributed by atoms with Crippen LogP contribution in [-0.4, -0.2) is 34.8 Å². The van der Waals surface area contributed by atoms with E-state index in [1.807, 2.05) is 0 Å². The Morgan fingerprint density at radius 1 is 1.15 bits per heavy atom. The van der Waals surface area contributed by atoms with Gasteiger partial charge in [0.1, 0.15) is 17.5 Å². The van der Waals surface area contributed by atoms with Crippen LogP contribution >= 0.6 is 11.6 Å². The molecule has 1 saturated carbocycles. The Bertz CT molecular complexity index is 1230. The number of nitrogens with zero attached hydrogens (tertiary/aromatic N) is 1. The van der Waals surface area contributed by atoms with E-state index in [-0.39, 0.29) is 29.9 Å². The number of pyridine rings is 1. The summed E-state index contributed by atoms with van der Waals surface area (Å²) >= 11 is 5.92. The summed E-state index contributed by atoms with van der Waals surface area (Å²) < 4.78 is 32.3. The van der Waals surface area contributed by atoms with Crippen molar-refractivity contribution in [3.8, 4) is 0 Å². The van der Waals surface area contributed by atoms with Crippen molar-refractivity contribution in [3.63, 3.8) is 0 Å². The molecule has 0 aliphatic heterocycles. The number of fused-ring (bicyclic) bond motifs is 1. The second-order valence-corrected chi connectivity index (χ2v) is 8.51. The van der Waals surface area contributed by atoms with Gasteiger partial charge in [-0.25, -0.2) is 18.6 Å². The first-order valence-corrected chi connectivity index (χ1v) is 11.1. The number of ether oxygens (including phenoxy) is 1. The highest BCUT2D eigenvalue weighted by Gasteiger charge is 2.40. The quantitative estimate of drug-likeness (QED) is 0.476. The highest BCUT2D eigenvalue weighted by molar-refractivity contribution is 6.31. The molecule has 3 N–H and O–H groups in total. The van der Waals surface area contributed by atoms with E-state index < -0.39 is 35.7 Å². The smallest absolute Gasteiger partial charge is 0.412 e. The van der Waals surface area contributed by atoms with Crippen molar-refractivity contribution in [1.29, 1.82) is 0 Å². The van der Waals surface area contributed by atoms with E-state index in [0.29, 0.717) is 29.2 Å². The summed E-state index contributed by atoms with van der Waals surface area (Å²) in [6.45, 7) is -0.154. The van der Waals surface area contributed by atoms with Gasteiger partial charge >= 0.3 is 6.09 Å². The minimum Gasteiger partial charge on any atom is -0.449 e. The molecule has 3 aromatic rings. The molecular formula is C24H22ClF2N3O4. The van der Waals surface area contributed by atoms with Crippen LogP contribution in [0, 0.1) is 23.5 Å². The Kier molecular flexibility index (Phi) is 7.23. The lowest BCUT2D eigenvalue weighted by Gasteiger charge is -2.21. The highest BCUT2D eigenvalue weighted by Crippen LogP contribution is 2.33. The Labute approximate surface area is 199 Å². The lowest BCUT2D eigenvalue weighted by atomic mass is 9.94. The predicted molar refractivity (Wildman–Crippen MR) is 122 cm³/mol. The number of nitrogens with one attached hydrogen (secondary N) is 2. The maximum atomic E-state index is 13.6. The van der Waals surface area contributed by atoms with Crippen LogP contribution < -0.4 is 10.6 Å². The molecule has 1 aromatic heterocycles. The van der Waals surface area contributed by atoms with Crippen molar-refractivity contribution >= 4 is 40.2 Å². The third-order valence-electron chi connectivity index (χ3n) is 5.93. The number of halogens is 3. The molecule has 34 heavy (non-hydrogen) atoms. The highest BCUT2D eigenvalue weighted by atomic mass is 35.5. The van der Waals surface area contributed by atoms with Crippen LogP contribution in [-0.2, 0) is 16.1 Å². The summed E-state index contributed by atoms with van der Waals surface area (Å²) in [4.78, 5) is 29.1. The van der Waals surface area contributed by atoms with Gasteiger partial charge in [-0.1, -0.05) is 23.7 Å². The number of anilines is 1. The topological polar surface area (TPSA) is 101 Å². The maximum Gasteiger partial charge on any atom is 0.412 e. The molecule has 0 bridgehead atoms. The number of aliphatic hydroxyl groups excluding tert-OH is 1. The molecule has 3 atom stereocenters. The van der Waals surface area contributed by atoms with Gasteiger partial charge in [-0.15, -0.1) is 0 Å². The molecule has 0 spiro atoms. The van der Waals surface area contributed by atoms with E-state index in [0.717, 1.165) is 0 Å². The number of rotatable bonds is 6. The molecule has 1 heterocycles. The lowest BCUT2D eigenvalue weighted by molar-refractivity contribution is -0.127. The van der Waals surface area contributed by atoms with Gasteiger partial charge in [0.2, 0.25) is 5.91 Å². The van der Waals surface area contributed by atoms with E-state index in [4.69, 9.17) is 16.3 Å². The molecule has 1 fully saturated rings. The molecule has 0 radical (unpaired) electrons. The average molecular weight is 490 g/mol. The predicted octanol–water partition coefficient (Wildman–Crippen LogP) is 4.42. The molecule has 1 aliphatic carbocycles. The average Bonchev–Trinajstić information content (AvgIpc) is 3.18. The van der Waals surface area contributed by atoms with Gasteiger partial charge in [0.25, 0.3) is 0 Å². The summed E-state index contributed by atoms with van der Waals surface area (Å²) in [6.07, 6.45) is 0.663. The van der Waals surface area contributed by atoms with Crippen LogP contribution in [0.4, 0.5) is 19.4 Å². The lowest BCUT2D eigenvalue weighted by Crippen LogP contribution is -2.37. The Morgan fingerprint density at radius 2 is 1.97 bits per heavy atom. The van der Waals surface area contributed by atoms with Crippen molar-refractivity contribution in [3.05, 3.63) is 70.9 Å². The number of aromatic nitrogens is 1. The van der Waals surface area contributed by atoms with Gasteiger partial charge in [-0.05, 0) is 54.1 Å². The van der Waals surface area contributed by atoms with E-state index in [1.165, 1.54) is 36.5 Å². The van der Waals surface area contributed by atoms with Gasteiger partial charge in [0.15, 0.2) is 0 Å². The molecule has 10 heteroatoms. The van der Waals surface area contributed by atoms with E-state index in [2.05, 4.69) is 15.6 Å². The molecule has 4 rings (SSSR count). The molecule has 1 unspecified atom stereocenters. The minimum absolute atomic E-state index is 0.0321. The first-order chi connectivity index (χ1) is 16.3. The summed E-state index contributed by atoms with van der Waals surface area (Å²) in [6, 6.07) is 10.1. The van der Waals surface area contributed by atoms with E-state index in [9.17, 15) is 23.5 Å². The third-order valence-corrected chi connectivity index (χ3v) is 6.35. The van der Waals surface area contributed by atoms with Crippen LogP contribution in [0.25, 0.3) is 10.8 Å². The van der Waals surface area contributed by atoms with Crippen LogP contribution in [0.3, 0.4) is 0 Å². The summed E-state index contributed by atoms with van der Waals surface area (Å²) in [5, 5.41) is 16.7. The van der Waals surface area contributed by atoms with E-state index in [1.54, 1.807) is 12.1 Å². The fourth-order valence-electron chi connectivity index (χ4n) is 4.09. The number of hydrogen-bond acceptors (Lipinski definition) is 5. The van der Waals surface area contributed by atoms with Gasteiger partial charge in [0, 0.05) is 30.0 Å². The Morgan fingerprint density at radius 3 is 2.79 bits per heavy atom. The zero-order valence-electron chi connectivity index (χ0n) is 17.9. The summed E-state index contributed by atoms with van der Waals surface area (Å²) in [5.41, 5.74) is 0.434. The number of hydrogen-bond donors (Lipinski definition) is 3. The monoisotopic (exact) mass is 489 g/mol. The zero-order valence-corrected chi connectivity index (χ0v) is 18.7. The van der Waals surface area contributed by atoms with Gasteiger partial charge in [-0.2, -0.15) is 0 Å². The fraction of sp³-hybridized carbons (Fsp3) is 0.292. The molecule has 2 aromatic carbocycles. The summed E-state index contributed by atoms with van der Waals surface area (Å²) in [7, 11) is 0. The SMILES string of the molecule is O=C(Nc1cc2cc(F)ccc2cn1)OC[C@H]1C(C(=O)NCc2cccc(F)c2Cl)CC[C@@H]1O. The molecule has 178 valence electrons. The first kappa shape index (κ1) is 23.8. The zero-order chi connectivity index (χ0) is 24.2. The molecule has 7 nitrogen and oxygen atoms in total. The largest absolute Gasteiger partial charge is 0.449 e. The number of amides is 2. The molecule has 0 saturated heterocycles. The second kappa shape index (κ2) is 10.3. The second-order valence-electron chi connectivity index (χ2n) is 8.13. The van der Waals surface area contributed by atoms with Crippen LogP contribution in [0.5, 0.6) is 0 Å². The fourth-order valence-corrected chi connectivity index (χ4v) is 4.28. The van der Waals surface area contributed by atoms with Gasteiger partial charge in [0.05, 0.1) is 17.7 Å². The standard InChI is InChI=1S/C24H22ClF2N3O4/c25-22-14(2-1-3-19(22)27)11-29-23(32)17-6-7-20(31)18(17)12-34-24(33)30-21-9-15-8-16(26)5-4-13(15)10-28-21/h1-5,8-10,17-18,20,31H,6-7,11-12H2,(H,29,32)(H,28,30,33)/t17?,18-,20-/m0/s1. The number of aliphatic hydroxyl groups is 1. The van der Waals surface area contributed by atoms with E-state index >= 15 is 0 Å². The van der Waals surface area contributed by atoms with Crippen molar-refractivity contribution in [1.82, 2.24) is 10.3 Å². The molecular weight excluding hydrogens is 468 g/mol. The number of carbonyl (C=O) groups excluding carboxylic acids is 2. The van der Waals surface area contributed by atoms with Crippen molar-refractivity contribution in [2.24, 2.45) is 11.8 Å². The van der Waals surface area contributed by atoms with Gasteiger partial charge < -0.3 is 15.2 Å². The third kappa shape index (κ3) is 5.43. The van der Waals surface area contributed by atoms with Crippen molar-refractivity contribution < 1.29 is 28.2 Å². The number of carbonyl (C=O) groups is 2. The van der Waals surface area contributed by atoms with Gasteiger partial charge in [-0.3, -0.25) is 10.1 Å².